The van der Waals surface area contributed by atoms with Gasteiger partial charge in [0.25, 0.3) is 0 Å². The standard InChI is InChI=1S/C26H28F3N3O4.C21H20F3N3O2/c1-7-17-13-20(31(11-10-26(27,28)29)24(34)36-25(3,4)5)22-30-14-21(32(22)15-17)18-8-9-19(16(2)12-18)23(33)35-6;1-4-14-10-17(25-8-7-21(22,23)24)19-26-11-18(27(19)12-14)15-5-6-16(13(2)9-15)20(28)29-3/h7-9,12-15H,1,10-11H2,2-6H3;4-6,9-12,25H,1,7-8H2,2-3H3. The van der Waals surface area contributed by atoms with E-state index in [9.17, 15) is 40.7 Å². The van der Waals surface area contributed by atoms with E-state index < -0.39 is 55.4 Å². The van der Waals surface area contributed by atoms with Gasteiger partial charge in [0.2, 0.25) is 0 Å². The summed E-state index contributed by atoms with van der Waals surface area (Å²) >= 11 is 0. The number of nitrogens with zero attached hydrogens (tertiary/aromatic N) is 5. The predicted octanol–water partition coefficient (Wildman–Crippen LogP) is 11.5. The molecular weight excluding hydrogens is 859 g/mol. The van der Waals surface area contributed by atoms with Crippen LogP contribution in [-0.4, -0.2) is 82.1 Å². The van der Waals surface area contributed by atoms with Crippen LogP contribution in [0.4, 0.5) is 42.5 Å². The summed E-state index contributed by atoms with van der Waals surface area (Å²) < 4.78 is 95.3. The molecule has 0 fully saturated rings. The molecule has 344 valence electrons. The van der Waals surface area contributed by atoms with Crippen LogP contribution >= 0.6 is 0 Å². The third kappa shape index (κ3) is 12.1. The summed E-state index contributed by atoms with van der Waals surface area (Å²) in [4.78, 5) is 46.5. The molecule has 1 amide bonds. The SMILES string of the molecule is C=Cc1cc(N(CCC(F)(F)F)C(=O)OC(C)(C)C)c2ncc(-c3ccc(C(=O)OC)c(C)c3)n2c1.C=Cc1cc(NCCC(F)(F)F)c2ncc(-c3ccc(C(=O)OC)c(C)c3)n2c1. The van der Waals surface area contributed by atoms with Crippen molar-refractivity contribution in [2.45, 2.75) is 65.4 Å². The van der Waals surface area contributed by atoms with E-state index in [2.05, 4.69) is 28.4 Å². The normalized spacial score (nSPS) is 11.7. The number of anilines is 2. The van der Waals surface area contributed by atoms with Gasteiger partial charge in [-0.1, -0.05) is 37.4 Å². The van der Waals surface area contributed by atoms with Crippen LogP contribution in [0.5, 0.6) is 0 Å². The van der Waals surface area contributed by atoms with Gasteiger partial charge in [-0.2, -0.15) is 26.3 Å². The summed E-state index contributed by atoms with van der Waals surface area (Å²) in [5.41, 5.74) is 6.93. The second-order valence-electron chi connectivity index (χ2n) is 15.8. The number of carbonyl (C=O) groups is 3. The number of halogens is 6. The van der Waals surface area contributed by atoms with Crippen molar-refractivity contribution < 1.29 is 54.9 Å². The minimum absolute atomic E-state index is 0.153. The second kappa shape index (κ2) is 19.7. The number of methoxy groups -OCH3 is 2. The van der Waals surface area contributed by atoms with Crippen molar-refractivity contribution in [1.82, 2.24) is 18.8 Å². The lowest BCUT2D eigenvalue weighted by Crippen LogP contribution is -2.39. The molecule has 0 spiro atoms. The van der Waals surface area contributed by atoms with Crippen molar-refractivity contribution in [2.24, 2.45) is 0 Å². The van der Waals surface area contributed by atoms with E-state index in [1.807, 2.05) is 12.3 Å². The first-order chi connectivity index (χ1) is 30.5. The minimum Gasteiger partial charge on any atom is -0.465 e. The van der Waals surface area contributed by atoms with Crippen LogP contribution in [0.15, 0.2) is 86.5 Å². The van der Waals surface area contributed by atoms with Crippen molar-refractivity contribution in [1.29, 1.82) is 0 Å². The number of pyridine rings is 2. The zero-order valence-electron chi connectivity index (χ0n) is 36.8. The van der Waals surface area contributed by atoms with Gasteiger partial charge in [-0.3, -0.25) is 13.7 Å². The Morgan fingerprint density at radius 2 is 1.20 bits per heavy atom. The van der Waals surface area contributed by atoms with Crippen molar-refractivity contribution >= 4 is 52.9 Å². The highest BCUT2D eigenvalue weighted by atomic mass is 19.4. The number of rotatable bonds is 12. The van der Waals surface area contributed by atoms with Crippen LogP contribution in [0.2, 0.25) is 0 Å². The maximum atomic E-state index is 13.1. The molecule has 0 atom stereocenters. The molecule has 0 aliphatic carbocycles. The first-order valence-electron chi connectivity index (χ1n) is 20.0. The molecule has 0 saturated carbocycles. The Kier molecular flexibility index (Phi) is 14.9. The molecule has 18 heteroatoms. The Balaban J connectivity index is 0.000000250. The van der Waals surface area contributed by atoms with Crippen LogP contribution in [0.3, 0.4) is 0 Å². The Bertz CT molecular complexity index is 2750. The first kappa shape index (κ1) is 48.9. The van der Waals surface area contributed by atoms with Crippen molar-refractivity contribution in [3.8, 4) is 22.5 Å². The molecule has 6 aromatic rings. The van der Waals surface area contributed by atoms with E-state index in [0.717, 1.165) is 27.3 Å². The van der Waals surface area contributed by atoms with Crippen molar-refractivity contribution in [3.63, 3.8) is 0 Å². The number of imidazole rings is 2. The number of alkyl halides is 6. The number of nitrogens with one attached hydrogen (secondary N) is 1. The number of aryl methyl sites for hydroxylation is 2. The molecule has 4 aromatic heterocycles. The van der Waals surface area contributed by atoms with E-state index in [0.29, 0.717) is 44.8 Å². The molecule has 0 unspecified atom stereocenters. The van der Waals surface area contributed by atoms with E-state index in [1.165, 1.54) is 20.3 Å². The molecule has 4 heterocycles. The summed E-state index contributed by atoms with van der Waals surface area (Å²) in [6.45, 7) is 15.1. The number of hydrogen-bond donors (Lipinski definition) is 1. The summed E-state index contributed by atoms with van der Waals surface area (Å²) in [6, 6.07) is 13.7. The van der Waals surface area contributed by atoms with E-state index in [1.54, 1.807) is 111 Å². The number of ether oxygens (including phenoxy) is 3. The van der Waals surface area contributed by atoms with E-state index in [-0.39, 0.29) is 17.9 Å². The van der Waals surface area contributed by atoms with Gasteiger partial charge in [-0.15, -0.1) is 0 Å². The van der Waals surface area contributed by atoms with Gasteiger partial charge < -0.3 is 19.5 Å². The fourth-order valence-corrected chi connectivity index (χ4v) is 6.71. The van der Waals surface area contributed by atoms with Crippen LogP contribution in [0.1, 0.15) is 76.6 Å². The molecule has 0 aliphatic heterocycles. The number of aromatic nitrogens is 4. The molecule has 0 radical (unpaired) electrons. The van der Waals surface area contributed by atoms with Gasteiger partial charge in [0.15, 0.2) is 11.3 Å². The summed E-state index contributed by atoms with van der Waals surface area (Å²) in [6.07, 6.45) is -1.95. The smallest absolute Gasteiger partial charge is 0.414 e. The van der Waals surface area contributed by atoms with Crippen LogP contribution < -0.4 is 10.2 Å². The number of benzene rings is 2. The summed E-state index contributed by atoms with van der Waals surface area (Å²) in [5, 5.41) is 2.81. The summed E-state index contributed by atoms with van der Waals surface area (Å²) in [7, 11) is 2.62. The second-order valence-corrected chi connectivity index (χ2v) is 15.8. The Labute approximate surface area is 371 Å². The molecule has 65 heavy (non-hydrogen) atoms. The maximum absolute atomic E-state index is 13.1. The maximum Gasteiger partial charge on any atom is 0.414 e. The van der Waals surface area contributed by atoms with Crippen molar-refractivity contribution in [2.75, 3.05) is 37.5 Å². The van der Waals surface area contributed by atoms with Gasteiger partial charge in [-0.05, 0) is 93.3 Å². The minimum atomic E-state index is -4.48. The third-order valence-corrected chi connectivity index (χ3v) is 9.81. The largest absolute Gasteiger partial charge is 0.465 e. The quantitative estimate of drug-likeness (QED) is 0.0725. The van der Waals surface area contributed by atoms with E-state index in [4.69, 9.17) is 14.2 Å². The molecule has 0 saturated heterocycles. The molecule has 12 nitrogen and oxygen atoms in total. The highest BCUT2D eigenvalue weighted by Crippen LogP contribution is 2.33. The molecule has 2 aromatic carbocycles. The zero-order valence-corrected chi connectivity index (χ0v) is 36.8. The first-order valence-corrected chi connectivity index (χ1v) is 20.0. The van der Waals surface area contributed by atoms with Gasteiger partial charge in [0, 0.05) is 36.6 Å². The molecule has 0 bridgehead atoms. The van der Waals surface area contributed by atoms with Gasteiger partial charge in [-0.25, -0.2) is 24.4 Å². The topological polar surface area (TPSA) is 129 Å². The average Bonchev–Trinajstić information content (AvgIpc) is 3.87. The Morgan fingerprint density at radius 3 is 1.65 bits per heavy atom. The summed E-state index contributed by atoms with van der Waals surface area (Å²) in [5.74, 6) is -0.886. The third-order valence-electron chi connectivity index (χ3n) is 9.81. The molecule has 1 N–H and O–H groups in total. The molecular formula is C47H48F6N6O6. The fourth-order valence-electron chi connectivity index (χ4n) is 6.71. The number of esters is 2. The monoisotopic (exact) mass is 906 g/mol. The van der Waals surface area contributed by atoms with Gasteiger partial charge in [0.1, 0.15) is 5.60 Å². The Morgan fingerprint density at radius 1 is 0.723 bits per heavy atom. The highest BCUT2D eigenvalue weighted by Gasteiger charge is 2.33. The zero-order chi connectivity index (χ0) is 48.0. The van der Waals surface area contributed by atoms with Gasteiger partial charge in [0.05, 0.1) is 73.3 Å². The number of hydrogen-bond acceptors (Lipinski definition) is 9. The van der Waals surface area contributed by atoms with Crippen LogP contribution in [0, 0.1) is 13.8 Å². The van der Waals surface area contributed by atoms with Crippen molar-refractivity contribution in [3.05, 3.63) is 120 Å². The molecule has 0 aliphatic rings. The number of fused-ring (bicyclic) bond motifs is 2. The highest BCUT2D eigenvalue weighted by molar-refractivity contribution is 5.95. The van der Waals surface area contributed by atoms with Crippen LogP contribution in [-0.2, 0) is 14.2 Å². The lowest BCUT2D eigenvalue weighted by atomic mass is 10.0. The predicted molar refractivity (Wildman–Crippen MR) is 237 cm³/mol. The van der Waals surface area contributed by atoms with E-state index >= 15 is 0 Å². The van der Waals surface area contributed by atoms with Gasteiger partial charge >= 0.3 is 30.4 Å². The lowest BCUT2D eigenvalue weighted by molar-refractivity contribution is -0.132. The van der Waals surface area contributed by atoms with Crippen LogP contribution in [0.25, 0.3) is 46.0 Å². The number of carbonyl (C=O) groups excluding carboxylic acids is 3. The average molecular weight is 907 g/mol. The molecule has 6 rings (SSSR count). The lowest BCUT2D eigenvalue weighted by Gasteiger charge is -2.28. The number of amides is 1. The fraction of sp³-hybridized carbons (Fsp3) is 0.298. The Hall–Kier alpha value is -7.11.